The first-order valence-corrected chi connectivity index (χ1v) is 6.58. The molecule has 0 bridgehead atoms. The third-order valence-corrected chi connectivity index (χ3v) is 3.18. The lowest BCUT2D eigenvalue weighted by atomic mass is 10.1. The van der Waals surface area contributed by atoms with Gasteiger partial charge in [-0.25, -0.2) is 4.68 Å². The van der Waals surface area contributed by atoms with Gasteiger partial charge in [-0.2, -0.15) is 0 Å². The van der Waals surface area contributed by atoms with Crippen molar-refractivity contribution in [2.75, 3.05) is 5.73 Å². The lowest BCUT2D eigenvalue weighted by molar-refractivity contribution is 0.0985. The van der Waals surface area contributed by atoms with Gasteiger partial charge >= 0.3 is 0 Å². The number of aromatic nitrogens is 3. The molecule has 0 aliphatic rings. The average Bonchev–Trinajstić information content (AvgIpc) is 3.00. The number of rotatable bonds is 4. The number of carbonyl (C=O) groups excluding carboxylic acids is 1. The zero-order valence-electron chi connectivity index (χ0n) is 11.3. The number of para-hydroxylation sites is 1. The zero-order chi connectivity index (χ0) is 14.7. The highest BCUT2D eigenvalue weighted by Crippen LogP contribution is 2.13. The van der Waals surface area contributed by atoms with Gasteiger partial charge in [0.1, 0.15) is 5.69 Å². The number of ketones is 1. The van der Waals surface area contributed by atoms with Crippen LogP contribution in [-0.4, -0.2) is 20.8 Å². The topological polar surface area (TPSA) is 73.8 Å². The lowest BCUT2D eigenvalue weighted by Gasteiger charge is -2.05. The molecule has 5 heteroatoms. The Morgan fingerprint density at radius 3 is 2.48 bits per heavy atom. The van der Waals surface area contributed by atoms with E-state index >= 15 is 0 Å². The molecule has 0 amide bonds. The van der Waals surface area contributed by atoms with Gasteiger partial charge in [-0.15, -0.1) is 5.10 Å². The first-order chi connectivity index (χ1) is 10.2. The molecule has 0 saturated carbocycles. The van der Waals surface area contributed by atoms with Crippen LogP contribution >= 0.6 is 0 Å². The Labute approximate surface area is 122 Å². The fourth-order valence-corrected chi connectivity index (χ4v) is 2.10. The van der Waals surface area contributed by atoms with Crippen molar-refractivity contribution in [2.24, 2.45) is 0 Å². The molecule has 0 atom stereocenters. The van der Waals surface area contributed by atoms with Crippen molar-refractivity contribution in [3.8, 4) is 5.69 Å². The van der Waals surface area contributed by atoms with Crippen molar-refractivity contribution < 1.29 is 4.79 Å². The summed E-state index contributed by atoms with van der Waals surface area (Å²) < 4.78 is 1.56. The summed E-state index contributed by atoms with van der Waals surface area (Å²) in [5.74, 6) is -0.0337. The van der Waals surface area contributed by atoms with E-state index in [1.165, 1.54) is 6.20 Å². The largest absolute Gasteiger partial charge is 0.399 e. The highest BCUT2D eigenvalue weighted by Gasteiger charge is 2.14. The third kappa shape index (κ3) is 2.81. The van der Waals surface area contributed by atoms with Crippen LogP contribution in [0.15, 0.2) is 60.8 Å². The van der Waals surface area contributed by atoms with E-state index in [-0.39, 0.29) is 5.78 Å². The number of carbonyl (C=O) groups is 1. The summed E-state index contributed by atoms with van der Waals surface area (Å²) in [5.41, 5.74) is 8.52. The highest BCUT2D eigenvalue weighted by molar-refractivity contribution is 5.96. The normalized spacial score (nSPS) is 10.5. The van der Waals surface area contributed by atoms with Gasteiger partial charge < -0.3 is 5.73 Å². The van der Waals surface area contributed by atoms with Crippen molar-refractivity contribution in [3.63, 3.8) is 0 Å². The van der Waals surface area contributed by atoms with Crippen molar-refractivity contribution in [1.82, 2.24) is 15.0 Å². The van der Waals surface area contributed by atoms with Crippen LogP contribution in [0.1, 0.15) is 16.1 Å². The second-order valence-corrected chi connectivity index (χ2v) is 4.71. The Kier molecular flexibility index (Phi) is 3.47. The summed E-state index contributed by atoms with van der Waals surface area (Å²) in [5, 5.41) is 7.84. The monoisotopic (exact) mass is 278 g/mol. The van der Waals surface area contributed by atoms with E-state index in [1.807, 2.05) is 42.5 Å². The average molecular weight is 278 g/mol. The molecule has 3 rings (SSSR count). The number of hydrogen-bond donors (Lipinski definition) is 1. The molecule has 2 N–H and O–H groups in total. The molecule has 0 aliphatic heterocycles. The lowest BCUT2D eigenvalue weighted by Crippen LogP contribution is -2.11. The first kappa shape index (κ1) is 13.1. The summed E-state index contributed by atoms with van der Waals surface area (Å²) in [6, 6.07) is 16.7. The van der Waals surface area contributed by atoms with Gasteiger partial charge in [0.15, 0.2) is 5.78 Å². The highest BCUT2D eigenvalue weighted by atomic mass is 16.1. The van der Waals surface area contributed by atoms with Crippen LogP contribution < -0.4 is 5.73 Å². The molecule has 5 nitrogen and oxygen atoms in total. The second kappa shape index (κ2) is 5.58. The molecule has 21 heavy (non-hydrogen) atoms. The van der Waals surface area contributed by atoms with Crippen LogP contribution in [0.4, 0.5) is 5.69 Å². The van der Waals surface area contributed by atoms with Gasteiger partial charge in [0.2, 0.25) is 0 Å². The minimum absolute atomic E-state index is 0.0337. The van der Waals surface area contributed by atoms with E-state index in [4.69, 9.17) is 5.73 Å². The van der Waals surface area contributed by atoms with Crippen molar-refractivity contribution >= 4 is 11.5 Å². The van der Waals surface area contributed by atoms with E-state index in [0.717, 1.165) is 11.3 Å². The molecule has 0 fully saturated rings. The Morgan fingerprint density at radius 1 is 1.05 bits per heavy atom. The van der Waals surface area contributed by atoms with Gasteiger partial charge in [-0.05, 0) is 29.8 Å². The molecular weight excluding hydrogens is 264 g/mol. The molecular formula is C16H14N4O. The van der Waals surface area contributed by atoms with E-state index in [0.29, 0.717) is 17.8 Å². The smallest absolute Gasteiger partial charge is 0.187 e. The summed E-state index contributed by atoms with van der Waals surface area (Å²) in [7, 11) is 0. The number of Topliss-reactive ketones (excluding diaryl/α,β-unsaturated/α-hetero) is 1. The molecule has 1 aromatic heterocycles. The number of hydrogen-bond acceptors (Lipinski definition) is 4. The van der Waals surface area contributed by atoms with Crippen LogP contribution in [0.2, 0.25) is 0 Å². The maximum atomic E-state index is 12.4. The van der Waals surface area contributed by atoms with Crippen LogP contribution in [0, 0.1) is 0 Å². The van der Waals surface area contributed by atoms with E-state index < -0.39 is 0 Å². The molecule has 0 saturated heterocycles. The molecule has 0 radical (unpaired) electrons. The molecule has 0 unspecified atom stereocenters. The molecule has 3 aromatic rings. The Morgan fingerprint density at radius 2 is 1.76 bits per heavy atom. The van der Waals surface area contributed by atoms with Gasteiger partial charge in [-0.3, -0.25) is 4.79 Å². The number of nitrogens with two attached hydrogens (primary N) is 1. The van der Waals surface area contributed by atoms with E-state index in [9.17, 15) is 4.79 Å². The molecule has 0 spiro atoms. The number of nitrogen functional groups attached to an aromatic ring is 1. The Balaban J connectivity index is 1.86. The summed E-state index contributed by atoms with van der Waals surface area (Å²) >= 11 is 0. The maximum Gasteiger partial charge on any atom is 0.187 e. The van der Waals surface area contributed by atoms with Crippen LogP contribution in [-0.2, 0) is 6.42 Å². The van der Waals surface area contributed by atoms with Crippen molar-refractivity contribution in [2.45, 2.75) is 6.42 Å². The van der Waals surface area contributed by atoms with E-state index in [1.54, 1.807) is 16.8 Å². The first-order valence-electron chi connectivity index (χ1n) is 6.58. The number of nitrogens with zero attached hydrogens (tertiary/aromatic N) is 3. The standard InChI is InChI=1S/C16H14N4O/c17-13-8-6-12(7-9-13)10-16(21)15-11-18-19-20(15)14-4-2-1-3-5-14/h1-9,11H,10,17H2. The summed E-state index contributed by atoms with van der Waals surface area (Å²) in [6.07, 6.45) is 1.78. The fourth-order valence-electron chi connectivity index (χ4n) is 2.10. The summed E-state index contributed by atoms with van der Waals surface area (Å²) in [6.45, 7) is 0. The number of benzene rings is 2. The van der Waals surface area contributed by atoms with Crippen LogP contribution in [0.3, 0.4) is 0 Å². The predicted octanol–water partition coefficient (Wildman–Crippen LogP) is 2.27. The van der Waals surface area contributed by atoms with Crippen molar-refractivity contribution in [3.05, 3.63) is 72.1 Å². The fraction of sp³-hybridized carbons (Fsp3) is 0.0625. The predicted molar refractivity (Wildman–Crippen MR) is 80.2 cm³/mol. The quantitative estimate of drug-likeness (QED) is 0.587. The SMILES string of the molecule is Nc1ccc(CC(=O)c2cnnn2-c2ccccc2)cc1. The molecule has 104 valence electrons. The summed E-state index contributed by atoms with van der Waals surface area (Å²) in [4.78, 5) is 12.4. The Hall–Kier alpha value is -2.95. The maximum absolute atomic E-state index is 12.4. The van der Waals surface area contributed by atoms with Crippen molar-refractivity contribution in [1.29, 1.82) is 0 Å². The number of anilines is 1. The molecule has 1 heterocycles. The van der Waals surface area contributed by atoms with Gasteiger partial charge in [0, 0.05) is 12.1 Å². The minimum atomic E-state index is -0.0337. The Bertz CT molecular complexity index is 747. The van der Waals surface area contributed by atoms with Crippen LogP contribution in [0.5, 0.6) is 0 Å². The third-order valence-electron chi connectivity index (χ3n) is 3.18. The van der Waals surface area contributed by atoms with Gasteiger partial charge in [0.25, 0.3) is 0 Å². The zero-order valence-corrected chi connectivity index (χ0v) is 11.3. The van der Waals surface area contributed by atoms with Gasteiger partial charge in [-0.1, -0.05) is 35.5 Å². The van der Waals surface area contributed by atoms with E-state index in [2.05, 4.69) is 10.3 Å². The minimum Gasteiger partial charge on any atom is -0.399 e. The second-order valence-electron chi connectivity index (χ2n) is 4.71. The molecule has 0 aliphatic carbocycles. The van der Waals surface area contributed by atoms with Crippen LogP contribution in [0.25, 0.3) is 5.69 Å². The van der Waals surface area contributed by atoms with Gasteiger partial charge in [0.05, 0.1) is 11.9 Å². The molecule has 2 aromatic carbocycles.